The average Bonchev–Trinajstić information content (AvgIpc) is 3.49. The summed E-state index contributed by atoms with van der Waals surface area (Å²) in [6, 6.07) is 10.9. The predicted octanol–water partition coefficient (Wildman–Crippen LogP) is 4.62. The summed E-state index contributed by atoms with van der Waals surface area (Å²) in [6.07, 6.45) is 10.0. The van der Waals surface area contributed by atoms with Crippen LogP contribution >= 0.6 is 0 Å². The van der Waals surface area contributed by atoms with Crippen LogP contribution in [-0.2, 0) is 0 Å². The maximum atomic E-state index is 12.9. The quantitative estimate of drug-likeness (QED) is 0.376. The van der Waals surface area contributed by atoms with Gasteiger partial charge in [0.1, 0.15) is 5.69 Å². The van der Waals surface area contributed by atoms with Crippen molar-refractivity contribution in [2.45, 2.75) is 32.1 Å². The predicted molar refractivity (Wildman–Crippen MR) is 127 cm³/mol. The molecule has 166 valence electrons. The SMILES string of the molecule is Nc1cncc(-c2ccc3[nH]nc(C(=O)Nc4ccc(C(=O)CC5CCCC5)nc4)c3c2)c1. The van der Waals surface area contributed by atoms with Crippen LogP contribution in [0.1, 0.15) is 53.1 Å². The number of nitrogens with two attached hydrogens (primary N) is 1. The number of nitrogens with one attached hydrogen (secondary N) is 2. The first-order valence-electron chi connectivity index (χ1n) is 11.1. The minimum atomic E-state index is -0.365. The fourth-order valence-corrected chi connectivity index (χ4v) is 4.39. The summed E-state index contributed by atoms with van der Waals surface area (Å²) in [6.45, 7) is 0. The topological polar surface area (TPSA) is 127 Å². The fourth-order valence-electron chi connectivity index (χ4n) is 4.39. The zero-order valence-corrected chi connectivity index (χ0v) is 18.0. The number of anilines is 2. The molecule has 1 saturated carbocycles. The van der Waals surface area contributed by atoms with Gasteiger partial charge in [-0.05, 0) is 41.8 Å². The van der Waals surface area contributed by atoms with Crippen molar-refractivity contribution < 1.29 is 9.59 Å². The van der Waals surface area contributed by atoms with E-state index in [1.165, 1.54) is 19.0 Å². The van der Waals surface area contributed by atoms with Crippen LogP contribution in [0.5, 0.6) is 0 Å². The Morgan fingerprint density at radius 3 is 2.64 bits per heavy atom. The number of nitrogen functional groups attached to an aromatic ring is 1. The molecule has 0 unspecified atom stereocenters. The van der Waals surface area contributed by atoms with Gasteiger partial charge >= 0.3 is 0 Å². The van der Waals surface area contributed by atoms with E-state index in [0.29, 0.717) is 34.8 Å². The molecule has 0 radical (unpaired) electrons. The molecular weight excluding hydrogens is 416 g/mol. The van der Waals surface area contributed by atoms with Crippen molar-refractivity contribution in [3.8, 4) is 11.1 Å². The van der Waals surface area contributed by atoms with Gasteiger partial charge in [-0.25, -0.2) is 0 Å². The second kappa shape index (κ2) is 8.82. The Morgan fingerprint density at radius 1 is 1.03 bits per heavy atom. The first-order chi connectivity index (χ1) is 16.1. The minimum Gasteiger partial charge on any atom is -0.397 e. The number of Topliss-reactive ketones (excluding diaryl/α,β-unsaturated/α-hetero) is 1. The largest absolute Gasteiger partial charge is 0.397 e. The zero-order chi connectivity index (χ0) is 22.8. The number of pyridine rings is 2. The number of fused-ring (bicyclic) bond motifs is 1. The van der Waals surface area contributed by atoms with Gasteiger partial charge in [-0.1, -0.05) is 31.7 Å². The number of hydrogen-bond donors (Lipinski definition) is 3. The van der Waals surface area contributed by atoms with Crippen LogP contribution in [0, 0.1) is 5.92 Å². The Labute approximate surface area is 190 Å². The lowest BCUT2D eigenvalue weighted by molar-refractivity contribution is 0.0956. The Kier molecular flexibility index (Phi) is 5.56. The third-order valence-electron chi connectivity index (χ3n) is 6.13. The number of ketones is 1. The van der Waals surface area contributed by atoms with Gasteiger partial charge in [-0.2, -0.15) is 5.10 Å². The molecule has 1 aliphatic carbocycles. The van der Waals surface area contributed by atoms with Crippen molar-refractivity contribution in [1.82, 2.24) is 20.2 Å². The van der Waals surface area contributed by atoms with E-state index in [1.807, 2.05) is 24.3 Å². The molecule has 0 saturated heterocycles. The summed E-state index contributed by atoms with van der Waals surface area (Å²) >= 11 is 0. The number of amides is 1. The van der Waals surface area contributed by atoms with Gasteiger partial charge in [0, 0.05) is 29.8 Å². The molecule has 8 nitrogen and oxygen atoms in total. The van der Waals surface area contributed by atoms with E-state index in [0.717, 1.165) is 29.5 Å². The highest BCUT2D eigenvalue weighted by atomic mass is 16.2. The number of aromatic nitrogens is 4. The van der Waals surface area contributed by atoms with Gasteiger partial charge in [0.05, 0.1) is 23.1 Å². The summed E-state index contributed by atoms with van der Waals surface area (Å²) in [5, 5.41) is 10.6. The fraction of sp³-hybridized carbons (Fsp3) is 0.240. The standard InChI is InChI=1S/C25H24N6O2/c26-18-10-17(12-27-13-18)16-5-7-21-20(11-16)24(31-30-21)25(33)29-19-6-8-22(28-14-19)23(32)9-15-3-1-2-4-15/h5-8,10-15H,1-4,9,26H2,(H,29,33)(H,30,31). The molecule has 1 amide bonds. The first-order valence-corrected chi connectivity index (χ1v) is 11.1. The maximum absolute atomic E-state index is 12.9. The van der Waals surface area contributed by atoms with E-state index >= 15 is 0 Å². The van der Waals surface area contributed by atoms with Crippen molar-refractivity contribution in [3.05, 3.63) is 66.4 Å². The molecule has 0 bridgehead atoms. The van der Waals surface area contributed by atoms with E-state index < -0.39 is 0 Å². The van der Waals surface area contributed by atoms with Crippen molar-refractivity contribution in [3.63, 3.8) is 0 Å². The highest BCUT2D eigenvalue weighted by Crippen LogP contribution is 2.29. The molecule has 33 heavy (non-hydrogen) atoms. The van der Waals surface area contributed by atoms with Crippen LogP contribution in [0.4, 0.5) is 11.4 Å². The number of carbonyl (C=O) groups is 2. The lowest BCUT2D eigenvalue weighted by Gasteiger charge is -2.08. The van der Waals surface area contributed by atoms with Crippen molar-refractivity contribution in [2.75, 3.05) is 11.1 Å². The van der Waals surface area contributed by atoms with Crippen LogP contribution < -0.4 is 11.1 Å². The Morgan fingerprint density at radius 2 is 1.88 bits per heavy atom. The Hall–Kier alpha value is -4.07. The highest BCUT2D eigenvalue weighted by molar-refractivity contribution is 6.11. The second-order valence-corrected chi connectivity index (χ2v) is 8.50. The van der Waals surface area contributed by atoms with Crippen LogP contribution in [0.2, 0.25) is 0 Å². The molecule has 8 heteroatoms. The van der Waals surface area contributed by atoms with Crippen LogP contribution in [-0.4, -0.2) is 31.9 Å². The summed E-state index contributed by atoms with van der Waals surface area (Å²) in [7, 11) is 0. The Bertz CT molecular complexity index is 1320. The van der Waals surface area contributed by atoms with Crippen molar-refractivity contribution in [2.24, 2.45) is 5.92 Å². The van der Waals surface area contributed by atoms with Crippen LogP contribution in [0.25, 0.3) is 22.0 Å². The summed E-state index contributed by atoms with van der Waals surface area (Å²) in [5.74, 6) is 0.164. The summed E-state index contributed by atoms with van der Waals surface area (Å²) in [4.78, 5) is 33.8. The van der Waals surface area contributed by atoms with Crippen molar-refractivity contribution >= 4 is 34.0 Å². The molecular formula is C25H24N6O2. The number of nitrogens with zero attached hydrogens (tertiary/aromatic N) is 3. The van der Waals surface area contributed by atoms with Gasteiger partial charge in [-0.3, -0.25) is 24.7 Å². The van der Waals surface area contributed by atoms with Gasteiger partial charge < -0.3 is 11.1 Å². The average molecular weight is 441 g/mol. The van der Waals surface area contributed by atoms with E-state index in [-0.39, 0.29) is 17.4 Å². The van der Waals surface area contributed by atoms with Crippen molar-refractivity contribution in [1.29, 1.82) is 0 Å². The molecule has 5 rings (SSSR count). The maximum Gasteiger partial charge on any atom is 0.276 e. The normalized spacial score (nSPS) is 13.9. The molecule has 1 aliphatic rings. The number of rotatable bonds is 6. The van der Waals surface area contributed by atoms with Gasteiger partial charge in [0.15, 0.2) is 11.5 Å². The molecule has 0 atom stereocenters. The third-order valence-corrected chi connectivity index (χ3v) is 6.13. The lowest BCUT2D eigenvalue weighted by atomic mass is 9.99. The Balaban J connectivity index is 1.32. The number of carbonyl (C=O) groups excluding carboxylic acids is 2. The van der Waals surface area contributed by atoms with Crippen LogP contribution in [0.15, 0.2) is 55.0 Å². The number of hydrogen-bond acceptors (Lipinski definition) is 6. The van der Waals surface area contributed by atoms with Gasteiger partial charge in [0.25, 0.3) is 5.91 Å². The zero-order valence-electron chi connectivity index (χ0n) is 18.0. The third kappa shape index (κ3) is 4.45. The molecule has 4 aromatic rings. The lowest BCUT2D eigenvalue weighted by Crippen LogP contribution is -2.14. The monoisotopic (exact) mass is 440 g/mol. The smallest absolute Gasteiger partial charge is 0.276 e. The van der Waals surface area contributed by atoms with E-state index in [4.69, 9.17) is 5.73 Å². The first kappa shape index (κ1) is 20.8. The number of benzene rings is 1. The number of aromatic amines is 1. The van der Waals surface area contributed by atoms with Gasteiger partial charge in [0.2, 0.25) is 0 Å². The van der Waals surface area contributed by atoms with Crippen LogP contribution in [0.3, 0.4) is 0 Å². The molecule has 4 N–H and O–H groups in total. The van der Waals surface area contributed by atoms with E-state index in [2.05, 4.69) is 25.5 Å². The molecule has 1 fully saturated rings. The minimum absolute atomic E-state index is 0.0571. The molecule has 0 spiro atoms. The summed E-state index contributed by atoms with van der Waals surface area (Å²) in [5.41, 5.74) is 10.1. The second-order valence-electron chi connectivity index (χ2n) is 8.50. The van der Waals surface area contributed by atoms with Gasteiger partial charge in [-0.15, -0.1) is 0 Å². The number of H-pyrrole nitrogens is 1. The van der Waals surface area contributed by atoms with E-state index in [1.54, 1.807) is 24.5 Å². The molecule has 0 aliphatic heterocycles. The molecule has 1 aromatic carbocycles. The highest BCUT2D eigenvalue weighted by Gasteiger charge is 2.20. The summed E-state index contributed by atoms with van der Waals surface area (Å²) < 4.78 is 0. The van der Waals surface area contributed by atoms with E-state index in [9.17, 15) is 9.59 Å². The molecule has 3 aromatic heterocycles. The molecule has 3 heterocycles.